The van der Waals surface area contributed by atoms with Gasteiger partial charge in [-0.1, -0.05) is 41.6 Å². The lowest BCUT2D eigenvalue weighted by molar-refractivity contribution is -0.113. The summed E-state index contributed by atoms with van der Waals surface area (Å²) >= 11 is 1.39. The van der Waals surface area contributed by atoms with Crippen molar-refractivity contribution in [1.82, 2.24) is 9.97 Å². The lowest BCUT2D eigenvalue weighted by atomic mass is 10.2. The van der Waals surface area contributed by atoms with Gasteiger partial charge < -0.3 is 4.98 Å². The Morgan fingerprint density at radius 2 is 1.95 bits per heavy atom. The summed E-state index contributed by atoms with van der Waals surface area (Å²) in [4.78, 5) is 23.8. The van der Waals surface area contributed by atoms with Crippen molar-refractivity contribution in [2.75, 3.05) is 0 Å². The monoisotopic (exact) mass is 283 g/mol. The maximum Gasteiger partial charge on any atom is 0.284 e. The lowest BCUT2D eigenvalue weighted by Gasteiger charge is -1.99. The summed E-state index contributed by atoms with van der Waals surface area (Å²) in [6.07, 6.45) is 3.40. The highest BCUT2D eigenvalue weighted by molar-refractivity contribution is 8.19. The molecule has 0 saturated heterocycles. The number of H-pyrrole nitrogens is 1. The summed E-state index contributed by atoms with van der Waals surface area (Å²) < 4.78 is 0. The molecule has 20 heavy (non-hydrogen) atoms. The van der Waals surface area contributed by atoms with Crippen LogP contribution < -0.4 is 0 Å². The summed E-state index contributed by atoms with van der Waals surface area (Å²) in [6, 6.07) is 8.00. The Kier molecular flexibility index (Phi) is 3.28. The lowest BCUT2D eigenvalue weighted by Crippen LogP contribution is -1.90. The van der Waals surface area contributed by atoms with Crippen molar-refractivity contribution < 1.29 is 4.79 Å². The molecule has 1 amide bonds. The van der Waals surface area contributed by atoms with E-state index >= 15 is 0 Å². The molecule has 0 spiro atoms. The molecule has 4 nitrogen and oxygen atoms in total. The molecule has 0 radical (unpaired) electrons. The van der Waals surface area contributed by atoms with Crippen molar-refractivity contribution in [2.45, 2.75) is 13.8 Å². The fraction of sp³-hybridized carbons (Fsp3) is 0.133. The fourth-order valence-corrected chi connectivity index (χ4v) is 2.76. The number of rotatable bonds is 2. The van der Waals surface area contributed by atoms with Crippen LogP contribution >= 0.6 is 11.8 Å². The van der Waals surface area contributed by atoms with Crippen molar-refractivity contribution in [3.05, 3.63) is 58.0 Å². The molecule has 1 aromatic carbocycles. The molecule has 2 aromatic rings. The third kappa shape index (κ3) is 2.44. The molecular formula is C15H13N3OS. The molecule has 5 heteroatoms. The maximum atomic E-state index is 11.9. The number of aryl methyl sites for hydroxylation is 2. The third-order valence-electron chi connectivity index (χ3n) is 3.06. The van der Waals surface area contributed by atoms with E-state index in [0.29, 0.717) is 4.91 Å². The number of imidazole rings is 1. The Morgan fingerprint density at radius 1 is 1.20 bits per heavy atom. The van der Waals surface area contributed by atoms with Gasteiger partial charge in [-0.25, -0.2) is 9.98 Å². The Hall–Kier alpha value is -2.14. The van der Waals surface area contributed by atoms with E-state index in [2.05, 4.69) is 15.0 Å². The number of hydrogen-bond acceptors (Lipinski definition) is 3. The van der Waals surface area contributed by atoms with Gasteiger partial charge >= 0.3 is 0 Å². The van der Waals surface area contributed by atoms with Gasteiger partial charge in [-0.3, -0.25) is 4.79 Å². The van der Waals surface area contributed by atoms with Crippen molar-refractivity contribution in [1.29, 1.82) is 0 Å². The molecule has 1 aliphatic heterocycles. The van der Waals surface area contributed by atoms with E-state index in [1.165, 1.54) is 17.3 Å². The smallest absolute Gasteiger partial charge is 0.284 e. The van der Waals surface area contributed by atoms with Crippen LogP contribution in [0.2, 0.25) is 0 Å². The van der Waals surface area contributed by atoms with Crippen LogP contribution in [-0.2, 0) is 4.79 Å². The van der Waals surface area contributed by atoms with Crippen LogP contribution in [0.3, 0.4) is 0 Å². The van der Waals surface area contributed by atoms with E-state index in [0.717, 1.165) is 22.0 Å². The summed E-state index contributed by atoms with van der Waals surface area (Å²) in [5.41, 5.74) is 3.87. The number of nitrogens with one attached hydrogen (secondary N) is 1. The number of carbonyl (C=O) groups is 1. The van der Waals surface area contributed by atoms with E-state index in [4.69, 9.17) is 0 Å². The van der Waals surface area contributed by atoms with Gasteiger partial charge in [0, 0.05) is 11.3 Å². The van der Waals surface area contributed by atoms with Crippen LogP contribution in [0, 0.1) is 13.8 Å². The van der Waals surface area contributed by atoms with Gasteiger partial charge in [0.15, 0.2) is 0 Å². The van der Waals surface area contributed by atoms with Crippen LogP contribution in [0.25, 0.3) is 6.08 Å². The second kappa shape index (κ2) is 5.09. The summed E-state index contributed by atoms with van der Waals surface area (Å²) in [6.45, 7) is 3.95. The number of thioether (sulfide) groups is 1. The Labute approximate surface area is 121 Å². The molecule has 0 fully saturated rings. The average Bonchev–Trinajstić information content (AvgIpc) is 2.99. The first kappa shape index (κ1) is 12.9. The largest absolute Gasteiger partial charge is 0.348 e. The van der Waals surface area contributed by atoms with Crippen LogP contribution in [0.4, 0.5) is 0 Å². The van der Waals surface area contributed by atoms with Crippen LogP contribution in [0.1, 0.15) is 22.5 Å². The van der Waals surface area contributed by atoms with Crippen LogP contribution in [-0.4, -0.2) is 20.9 Å². The molecule has 0 atom stereocenters. The average molecular weight is 283 g/mol. The van der Waals surface area contributed by atoms with Gasteiger partial charge in [0.25, 0.3) is 5.91 Å². The number of aromatic amines is 1. The Bertz CT molecular complexity index is 726. The highest BCUT2D eigenvalue weighted by Crippen LogP contribution is 2.31. The van der Waals surface area contributed by atoms with Gasteiger partial charge in [0.05, 0.1) is 16.9 Å². The van der Waals surface area contributed by atoms with Gasteiger partial charge in [0.2, 0.25) is 0 Å². The highest BCUT2D eigenvalue weighted by atomic mass is 32.2. The normalized spacial score (nSPS) is 16.8. The van der Waals surface area contributed by atoms with Gasteiger partial charge in [-0.2, -0.15) is 0 Å². The molecule has 1 aliphatic rings. The van der Waals surface area contributed by atoms with E-state index in [1.807, 2.05) is 38.1 Å². The summed E-state index contributed by atoms with van der Waals surface area (Å²) in [5, 5.41) is 0.745. The molecule has 1 aromatic heterocycles. The highest BCUT2D eigenvalue weighted by Gasteiger charge is 2.23. The van der Waals surface area contributed by atoms with Crippen molar-refractivity contribution >= 4 is 28.8 Å². The van der Waals surface area contributed by atoms with Crippen LogP contribution in [0.5, 0.6) is 0 Å². The summed E-state index contributed by atoms with van der Waals surface area (Å²) in [5.74, 6) is -0.201. The minimum atomic E-state index is -0.201. The zero-order valence-corrected chi connectivity index (χ0v) is 12.0. The van der Waals surface area contributed by atoms with Gasteiger partial charge in [-0.15, -0.1) is 0 Å². The predicted octanol–water partition coefficient (Wildman–Crippen LogP) is 3.09. The number of amides is 1. The topological polar surface area (TPSA) is 58.1 Å². The molecular weight excluding hydrogens is 270 g/mol. The number of nitrogens with zero attached hydrogens (tertiary/aromatic N) is 2. The molecule has 0 unspecified atom stereocenters. The number of carbonyl (C=O) groups excluding carboxylic acids is 1. The second-order valence-electron chi connectivity index (χ2n) is 4.61. The zero-order valence-electron chi connectivity index (χ0n) is 11.2. The molecule has 0 aliphatic carbocycles. The first-order valence-electron chi connectivity index (χ1n) is 6.23. The number of aliphatic imine (C=N–C) groups is 1. The van der Waals surface area contributed by atoms with E-state index in [-0.39, 0.29) is 5.91 Å². The van der Waals surface area contributed by atoms with Crippen LogP contribution in [0.15, 0.2) is 40.5 Å². The SMILES string of the molecule is Cc1ccc(C2=NC(=O)/C(=C/c3nc[nH]c3C)S2)cc1. The second-order valence-corrected chi connectivity index (χ2v) is 5.64. The van der Waals surface area contributed by atoms with E-state index < -0.39 is 0 Å². The molecule has 1 N–H and O–H groups in total. The molecule has 100 valence electrons. The minimum absolute atomic E-state index is 0.201. The number of aromatic nitrogens is 2. The third-order valence-corrected chi connectivity index (χ3v) is 4.09. The van der Waals surface area contributed by atoms with Crippen molar-refractivity contribution in [3.8, 4) is 0 Å². The van der Waals surface area contributed by atoms with E-state index in [1.54, 1.807) is 12.4 Å². The predicted molar refractivity (Wildman–Crippen MR) is 81.6 cm³/mol. The zero-order chi connectivity index (χ0) is 14.1. The molecule has 0 saturated carbocycles. The Morgan fingerprint density at radius 3 is 2.60 bits per heavy atom. The minimum Gasteiger partial charge on any atom is -0.348 e. The first-order chi connectivity index (χ1) is 9.63. The fourth-order valence-electron chi connectivity index (χ4n) is 1.87. The quantitative estimate of drug-likeness (QED) is 0.862. The van der Waals surface area contributed by atoms with Gasteiger partial charge in [0.1, 0.15) is 5.04 Å². The number of hydrogen-bond donors (Lipinski definition) is 1. The standard InChI is InChI=1S/C15H13N3OS/c1-9-3-5-11(6-4-9)15-18-14(19)13(20-15)7-12-10(2)16-8-17-12/h3-8H,1-2H3,(H,16,17)/b13-7-. The molecule has 0 bridgehead atoms. The Balaban J connectivity index is 1.87. The molecule has 3 rings (SSSR count). The maximum absolute atomic E-state index is 11.9. The van der Waals surface area contributed by atoms with Crippen molar-refractivity contribution in [2.24, 2.45) is 4.99 Å². The first-order valence-corrected chi connectivity index (χ1v) is 7.05. The summed E-state index contributed by atoms with van der Waals surface area (Å²) in [7, 11) is 0. The van der Waals surface area contributed by atoms with Crippen molar-refractivity contribution in [3.63, 3.8) is 0 Å². The van der Waals surface area contributed by atoms with Gasteiger partial charge in [-0.05, 0) is 19.9 Å². The number of benzene rings is 1. The molecule has 2 heterocycles. The van der Waals surface area contributed by atoms with E-state index in [9.17, 15) is 4.79 Å².